The minimum Gasteiger partial charge on any atom is -0.350 e. The van der Waals surface area contributed by atoms with E-state index in [2.05, 4.69) is 41.8 Å². The van der Waals surface area contributed by atoms with Crippen LogP contribution in [0.15, 0.2) is 18.2 Å². The quantitative estimate of drug-likeness (QED) is 0.685. The van der Waals surface area contributed by atoms with Crippen LogP contribution < -0.4 is 5.32 Å². The van der Waals surface area contributed by atoms with Crippen LogP contribution in [0, 0.1) is 9.49 Å². The molecule has 0 aliphatic heterocycles. The first-order valence-corrected chi connectivity index (χ1v) is 8.11. The van der Waals surface area contributed by atoms with E-state index < -0.39 is 0 Å². The molecule has 0 aliphatic rings. The number of halogens is 2. The van der Waals surface area contributed by atoms with Gasteiger partial charge >= 0.3 is 0 Å². The molecule has 2 nitrogen and oxygen atoms in total. The number of benzene rings is 1. The summed E-state index contributed by atoms with van der Waals surface area (Å²) in [5.41, 5.74) is 0.626. The average molecular weight is 394 g/mol. The molecule has 1 amide bonds. The molecule has 0 saturated heterocycles. The van der Waals surface area contributed by atoms with Crippen molar-refractivity contribution in [1.82, 2.24) is 5.32 Å². The first kappa shape index (κ1) is 16.8. The molecule has 0 fully saturated rings. The Labute approximate surface area is 134 Å². The van der Waals surface area contributed by atoms with Gasteiger partial charge in [0.2, 0.25) is 0 Å². The van der Waals surface area contributed by atoms with Gasteiger partial charge in [0.15, 0.2) is 0 Å². The van der Waals surface area contributed by atoms with Gasteiger partial charge in [0.25, 0.3) is 5.91 Å². The van der Waals surface area contributed by atoms with E-state index in [9.17, 15) is 4.79 Å². The third-order valence-corrected chi connectivity index (χ3v) is 4.55. The number of carbonyl (C=O) groups excluding carboxylic acids is 1. The van der Waals surface area contributed by atoms with Crippen molar-refractivity contribution in [3.05, 3.63) is 32.4 Å². The second-order valence-corrected chi connectivity index (χ2v) is 6.90. The van der Waals surface area contributed by atoms with Crippen LogP contribution >= 0.6 is 34.2 Å². The van der Waals surface area contributed by atoms with E-state index in [1.54, 1.807) is 6.07 Å². The van der Waals surface area contributed by atoms with Crippen LogP contribution in [0.4, 0.5) is 0 Å². The maximum atomic E-state index is 12.0. The second kappa shape index (κ2) is 8.10. The molecule has 1 unspecified atom stereocenters. The van der Waals surface area contributed by atoms with Gasteiger partial charge in [-0.15, -0.1) is 0 Å². The fraction of sp³-hybridized carbons (Fsp3) is 0.533. The Morgan fingerprint density at radius 3 is 2.58 bits per heavy atom. The van der Waals surface area contributed by atoms with Crippen molar-refractivity contribution in [2.45, 2.75) is 46.1 Å². The number of nitrogens with one attached hydrogen (secondary N) is 1. The molecule has 1 atom stereocenters. The van der Waals surface area contributed by atoms with E-state index in [0.717, 1.165) is 22.3 Å². The minimum absolute atomic E-state index is 0.0460. The van der Waals surface area contributed by atoms with Crippen LogP contribution in [0.3, 0.4) is 0 Å². The molecule has 0 saturated carbocycles. The second-order valence-electron chi connectivity index (χ2n) is 5.33. The Hall–Kier alpha value is -0.290. The molecule has 0 bridgehead atoms. The third-order valence-electron chi connectivity index (χ3n) is 2.98. The largest absolute Gasteiger partial charge is 0.350 e. The maximum absolute atomic E-state index is 12.0. The molecule has 1 aromatic carbocycles. The van der Waals surface area contributed by atoms with Crippen LogP contribution in [-0.2, 0) is 0 Å². The predicted molar refractivity (Wildman–Crippen MR) is 89.8 cm³/mol. The summed E-state index contributed by atoms with van der Waals surface area (Å²) in [6, 6.07) is 5.59. The van der Waals surface area contributed by atoms with Gasteiger partial charge in [0, 0.05) is 15.2 Å². The van der Waals surface area contributed by atoms with Crippen molar-refractivity contribution in [1.29, 1.82) is 0 Å². The van der Waals surface area contributed by atoms with Crippen molar-refractivity contribution in [3.8, 4) is 0 Å². The Morgan fingerprint density at radius 1 is 1.32 bits per heavy atom. The zero-order valence-corrected chi connectivity index (χ0v) is 14.6. The molecule has 0 radical (unpaired) electrons. The molecule has 4 heteroatoms. The third kappa shape index (κ3) is 6.13. The van der Waals surface area contributed by atoms with Crippen molar-refractivity contribution in [3.63, 3.8) is 0 Å². The van der Waals surface area contributed by atoms with Gasteiger partial charge in [-0.1, -0.05) is 38.3 Å². The fourth-order valence-corrected chi connectivity index (χ4v) is 2.36. The SMILES string of the molecule is CC(C)CCCC(C)NC(=O)c1ccc(I)c(Cl)c1. The summed E-state index contributed by atoms with van der Waals surface area (Å²) in [6.45, 7) is 6.49. The lowest BCUT2D eigenvalue weighted by molar-refractivity contribution is 0.0938. The smallest absolute Gasteiger partial charge is 0.251 e. The van der Waals surface area contributed by atoms with E-state index in [1.807, 2.05) is 19.1 Å². The number of carbonyl (C=O) groups is 1. The molecule has 1 aromatic rings. The molecule has 0 heterocycles. The van der Waals surface area contributed by atoms with Crippen molar-refractivity contribution in [2.24, 2.45) is 5.92 Å². The van der Waals surface area contributed by atoms with Gasteiger partial charge < -0.3 is 5.32 Å². The summed E-state index contributed by atoms with van der Waals surface area (Å²) >= 11 is 8.18. The van der Waals surface area contributed by atoms with Crippen LogP contribution in [0.2, 0.25) is 5.02 Å². The molecular formula is C15H21ClINO. The first-order chi connectivity index (χ1) is 8.90. The Morgan fingerprint density at radius 2 is 2.00 bits per heavy atom. The maximum Gasteiger partial charge on any atom is 0.251 e. The lowest BCUT2D eigenvalue weighted by atomic mass is 10.0. The highest BCUT2D eigenvalue weighted by Gasteiger charge is 2.11. The molecular weight excluding hydrogens is 373 g/mol. The van der Waals surface area contributed by atoms with E-state index in [1.165, 1.54) is 6.42 Å². The van der Waals surface area contributed by atoms with Gasteiger partial charge in [0.1, 0.15) is 0 Å². The molecule has 106 valence electrons. The van der Waals surface area contributed by atoms with Crippen molar-refractivity contribution in [2.75, 3.05) is 0 Å². The average Bonchev–Trinajstić information content (AvgIpc) is 2.32. The molecule has 1 rings (SSSR count). The summed E-state index contributed by atoms with van der Waals surface area (Å²) in [7, 11) is 0. The topological polar surface area (TPSA) is 29.1 Å². The van der Waals surface area contributed by atoms with Crippen molar-refractivity contribution < 1.29 is 4.79 Å². The van der Waals surface area contributed by atoms with Crippen LogP contribution in [-0.4, -0.2) is 11.9 Å². The van der Waals surface area contributed by atoms with Gasteiger partial charge in [-0.3, -0.25) is 4.79 Å². The van der Waals surface area contributed by atoms with E-state index in [0.29, 0.717) is 10.6 Å². The van der Waals surface area contributed by atoms with Gasteiger partial charge in [-0.2, -0.15) is 0 Å². The highest BCUT2D eigenvalue weighted by atomic mass is 127. The summed E-state index contributed by atoms with van der Waals surface area (Å²) in [4.78, 5) is 12.0. The van der Waals surface area contributed by atoms with Crippen LogP contribution in [0.5, 0.6) is 0 Å². The normalized spacial score (nSPS) is 12.5. The Kier molecular flexibility index (Phi) is 7.15. The molecule has 0 aliphatic carbocycles. The van der Waals surface area contributed by atoms with Crippen LogP contribution in [0.25, 0.3) is 0 Å². The van der Waals surface area contributed by atoms with Gasteiger partial charge in [-0.05, 0) is 60.1 Å². The highest BCUT2D eigenvalue weighted by Crippen LogP contribution is 2.19. The molecule has 0 aromatic heterocycles. The van der Waals surface area contributed by atoms with Gasteiger partial charge in [-0.25, -0.2) is 0 Å². The van der Waals surface area contributed by atoms with E-state index in [-0.39, 0.29) is 11.9 Å². The van der Waals surface area contributed by atoms with E-state index in [4.69, 9.17) is 11.6 Å². The van der Waals surface area contributed by atoms with E-state index >= 15 is 0 Å². The zero-order chi connectivity index (χ0) is 14.4. The Balaban J connectivity index is 2.47. The molecule has 19 heavy (non-hydrogen) atoms. The summed E-state index contributed by atoms with van der Waals surface area (Å²) < 4.78 is 0.959. The highest BCUT2D eigenvalue weighted by molar-refractivity contribution is 14.1. The fourth-order valence-electron chi connectivity index (χ4n) is 1.85. The predicted octanol–water partition coefficient (Wildman–Crippen LogP) is 4.89. The Bertz CT molecular complexity index is 434. The monoisotopic (exact) mass is 393 g/mol. The van der Waals surface area contributed by atoms with Crippen LogP contribution in [0.1, 0.15) is 50.4 Å². The number of amides is 1. The lowest BCUT2D eigenvalue weighted by Gasteiger charge is -2.14. The number of hydrogen-bond donors (Lipinski definition) is 1. The van der Waals surface area contributed by atoms with Crippen molar-refractivity contribution >= 4 is 40.1 Å². The standard InChI is InChI=1S/C15H21ClINO/c1-10(2)5-4-6-11(3)18-15(19)12-7-8-14(17)13(16)9-12/h7-11H,4-6H2,1-3H3,(H,18,19). The molecule has 1 N–H and O–H groups in total. The zero-order valence-electron chi connectivity index (χ0n) is 11.7. The van der Waals surface area contributed by atoms with Gasteiger partial charge in [0.05, 0.1) is 5.02 Å². The summed E-state index contributed by atoms with van der Waals surface area (Å²) in [6.07, 6.45) is 3.37. The number of rotatable bonds is 6. The summed E-state index contributed by atoms with van der Waals surface area (Å²) in [5, 5.41) is 3.64. The molecule has 0 spiro atoms. The first-order valence-electron chi connectivity index (χ1n) is 6.66. The minimum atomic E-state index is -0.0460. The lowest BCUT2D eigenvalue weighted by Crippen LogP contribution is -2.32. The summed E-state index contributed by atoms with van der Waals surface area (Å²) in [5.74, 6) is 0.674. The number of hydrogen-bond acceptors (Lipinski definition) is 1.